The monoisotopic (exact) mass is 401 g/mol. The molecule has 0 bridgehead atoms. The second-order valence-electron chi connectivity index (χ2n) is 6.35. The third-order valence-corrected chi connectivity index (χ3v) is 6.47. The molecule has 4 rings (SSSR count). The van der Waals surface area contributed by atoms with E-state index in [9.17, 15) is 13.2 Å². The number of carbonyl (C=O) groups excluding carboxylic acids is 1. The third-order valence-electron chi connectivity index (χ3n) is 4.77. The molecule has 1 N–H and O–H groups in total. The lowest BCUT2D eigenvalue weighted by Crippen LogP contribution is -2.14. The molecular formula is C20H16ClNO4S. The standard InChI is InChI=1S/C20H16ClNO4S/c1-26-20(23)16-11-14(8-9-17(16)21)27(24,25)22-18-10-7-13-6-5-12-3-2-4-15(18)19(12)13/h2-4,7-11,22H,5-6H2,1H3. The van der Waals surface area contributed by atoms with E-state index in [1.165, 1.54) is 36.4 Å². The van der Waals surface area contributed by atoms with E-state index in [1.807, 2.05) is 18.2 Å². The van der Waals surface area contributed by atoms with E-state index in [1.54, 1.807) is 6.07 Å². The highest BCUT2D eigenvalue weighted by molar-refractivity contribution is 7.92. The number of benzene rings is 3. The molecule has 0 fully saturated rings. The number of halogens is 1. The molecule has 1 aliphatic rings. The molecule has 0 unspecified atom stereocenters. The first-order chi connectivity index (χ1) is 12.9. The van der Waals surface area contributed by atoms with Gasteiger partial charge in [0.05, 0.1) is 28.3 Å². The van der Waals surface area contributed by atoms with E-state index in [2.05, 4.69) is 15.5 Å². The van der Waals surface area contributed by atoms with Gasteiger partial charge >= 0.3 is 5.97 Å². The van der Waals surface area contributed by atoms with Crippen LogP contribution in [0.25, 0.3) is 10.8 Å². The van der Waals surface area contributed by atoms with Crippen molar-refractivity contribution in [1.82, 2.24) is 0 Å². The number of aryl methyl sites for hydroxylation is 2. The van der Waals surface area contributed by atoms with Crippen molar-refractivity contribution in [3.05, 3.63) is 70.2 Å². The van der Waals surface area contributed by atoms with Crippen LogP contribution in [0.4, 0.5) is 5.69 Å². The molecule has 0 spiro atoms. The van der Waals surface area contributed by atoms with E-state index in [-0.39, 0.29) is 15.5 Å². The molecule has 0 radical (unpaired) electrons. The Morgan fingerprint density at radius 3 is 2.56 bits per heavy atom. The Morgan fingerprint density at radius 1 is 1.07 bits per heavy atom. The summed E-state index contributed by atoms with van der Waals surface area (Å²) in [4.78, 5) is 11.7. The topological polar surface area (TPSA) is 72.5 Å². The van der Waals surface area contributed by atoms with Crippen LogP contribution in [0.15, 0.2) is 53.4 Å². The molecule has 5 nitrogen and oxygen atoms in total. The first kappa shape index (κ1) is 17.8. The van der Waals surface area contributed by atoms with Gasteiger partial charge in [-0.15, -0.1) is 0 Å². The molecular weight excluding hydrogens is 386 g/mol. The Hall–Kier alpha value is -2.57. The largest absolute Gasteiger partial charge is 0.465 e. The third kappa shape index (κ3) is 3.05. The molecule has 0 saturated heterocycles. The Kier molecular flexibility index (Phi) is 4.32. The highest BCUT2D eigenvalue weighted by atomic mass is 35.5. The SMILES string of the molecule is COC(=O)c1cc(S(=O)(=O)Nc2ccc3c4c(cccc24)CC3)ccc1Cl. The number of anilines is 1. The molecule has 0 atom stereocenters. The van der Waals surface area contributed by atoms with Gasteiger partial charge in [-0.05, 0) is 53.6 Å². The number of carbonyl (C=O) groups is 1. The molecule has 0 amide bonds. The number of hydrogen-bond donors (Lipinski definition) is 1. The molecule has 0 aromatic heterocycles. The van der Waals surface area contributed by atoms with Gasteiger partial charge < -0.3 is 4.74 Å². The Morgan fingerprint density at radius 2 is 1.81 bits per heavy atom. The van der Waals surface area contributed by atoms with Gasteiger partial charge in [0.1, 0.15) is 0 Å². The predicted molar refractivity (Wildman–Crippen MR) is 105 cm³/mol. The molecule has 3 aromatic rings. The first-order valence-corrected chi connectivity index (χ1v) is 10.2. The van der Waals surface area contributed by atoms with Crippen molar-refractivity contribution in [1.29, 1.82) is 0 Å². The van der Waals surface area contributed by atoms with E-state index in [0.717, 1.165) is 23.6 Å². The maximum Gasteiger partial charge on any atom is 0.339 e. The number of methoxy groups -OCH3 is 1. The second-order valence-corrected chi connectivity index (χ2v) is 8.44. The summed E-state index contributed by atoms with van der Waals surface area (Å²) in [6, 6.07) is 13.6. The first-order valence-electron chi connectivity index (χ1n) is 8.35. The van der Waals surface area contributed by atoms with Gasteiger partial charge in [0.25, 0.3) is 10.0 Å². The van der Waals surface area contributed by atoms with Gasteiger partial charge in [0, 0.05) is 5.39 Å². The van der Waals surface area contributed by atoms with Crippen molar-refractivity contribution in [3.8, 4) is 0 Å². The fourth-order valence-electron chi connectivity index (χ4n) is 3.48. The number of rotatable bonds is 4. The zero-order valence-corrected chi connectivity index (χ0v) is 16.0. The summed E-state index contributed by atoms with van der Waals surface area (Å²) < 4.78 is 33.1. The molecule has 138 valence electrons. The summed E-state index contributed by atoms with van der Waals surface area (Å²) in [5, 5.41) is 2.11. The van der Waals surface area contributed by atoms with Crippen LogP contribution in [0, 0.1) is 0 Å². The fourth-order valence-corrected chi connectivity index (χ4v) is 4.78. The lowest BCUT2D eigenvalue weighted by molar-refractivity contribution is 0.0600. The smallest absolute Gasteiger partial charge is 0.339 e. The Labute approximate surface area is 162 Å². The minimum atomic E-state index is -3.91. The van der Waals surface area contributed by atoms with Gasteiger partial charge in [0.2, 0.25) is 0 Å². The molecule has 0 aliphatic heterocycles. The van der Waals surface area contributed by atoms with E-state index < -0.39 is 16.0 Å². The van der Waals surface area contributed by atoms with Crippen molar-refractivity contribution in [2.75, 3.05) is 11.8 Å². The Bertz CT molecular complexity index is 1180. The van der Waals surface area contributed by atoms with Crippen LogP contribution in [-0.4, -0.2) is 21.5 Å². The predicted octanol–water partition coefficient (Wildman–Crippen LogP) is 4.18. The molecule has 27 heavy (non-hydrogen) atoms. The summed E-state index contributed by atoms with van der Waals surface area (Å²) >= 11 is 5.98. The number of hydrogen-bond acceptors (Lipinski definition) is 4. The maximum absolute atomic E-state index is 12.9. The van der Waals surface area contributed by atoms with Gasteiger partial charge in [0.15, 0.2) is 0 Å². The maximum atomic E-state index is 12.9. The van der Waals surface area contributed by atoms with Crippen molar-refractivity contribution in [2.24, 2.45) is 0 Å². The van der Waals surface area contributed by atoms with Crippen LogP contribution < -0.4 is 4.72 Å². The highest BCUT2D eigenvalue weighted by Crippen LogP contribution is 2.36. The summed E-state index contributed by atoms with van der Waals surface area (Å²) in [5.41, 5.74) is 2.96. The summed E-state index contributed by atoms with van der Waals surface area (Å²) in [6.45, 7) is 0. The van der Waals surface area contributed by atoms with Crippen LogP contribution in [-0.2, 0) is 27.6 Å². The highest BCUT2D eigenvalue weighted by Gasteiger charge is 2.22. The number of sulfonamides is 1. The van der Waals surface area contributed by atoms with E-state index >= 15 is 0 Å². The average Bonchev–Trinajstić information content (AvgIpc) is 3.08. The lowest BCUT2D eigenvalue weighted by Gasteiger charge is -2.13. The van der Waals surface area contributed by atoms with Crippen molar-refractivity contribution in [3.63, 3.8) is 0 Å². The summed E-state index contributed by atoms with van der Waals surface area (Å²) in [6.07, 6.45) is 1.92. The quantitative estimate of drug-likeness (QED) is 0.665. The van der Waals surface area contributed by atoms with E-state index in [0.29, 0.717) is 5.69 Å². The lowest BCUT2D eigenvalue weighted by atomic mass is 10.0. The summed E-state index contributed by atoms with van der Waals surface area (Å²) in [7, 11) is -2.69. The number of ether oxygens (including phenoxy) is 1. The molecule has 3 aromatic carbocycles. The minimum absolute atomic E-state index is 0.00227. The van der Waals surface area contributed by atoms with Crippen LogP contribution in [0.3, 0.4) is 0 Å². The van der Waals surface area contributed by atoms with E-state index in [4.69, 9.17) is 11.6 Å². The van der Waals surface area contributed by atoms with Crippen LogP contribution >= 0.6 is 11.6 Å². The summed E-state index contributed by atoms with van der Waals surface area (Å²) in [5.74, 6) is -0.692. The van der Waals surface area contributed by atoms with Gasteiger partial charge in [-0.25, -0.2) is 13.2 Å². The second kappa shape index (κ2) is 6.55. The van der Waals surface area contributed by atoms with Gasteiger partial charge in [-0.1, -0.05) is 35.9 Å². The van der Waals surface area contributed by atoms with Gasteiger partial charge in [-0.2, -0.15) is 0 Å². The van der Waals surface area contributed by atoms with Crippen LogP contribution in [0.2, 0.25) is 5.02 Å². The van der Waals surface area contributed by atoms with Crippen molar-refractivity contribution >= 4 is 44.1 Å². The molecule has 0 saturated carbocycles. The van der Waals surface area contributed by atoms with Crippen LogP contribution in [0.5, 0.6) is 0 Å². The van der Waals surface area contributed by atoms with Crippen LogP contribution in [0.1, 0.15) is 21.5 Å². The Balaban J connectivity index is 1.77. The zero-order chi connectivity index (χ0) is 19.2. The molecule has 0 heterocycles. The number of esters is 1. The van der Waals surface area contributed by atoms with Crippen molar-refractivity contribution in [2.45, 2.75) is 17.7 Å². The molecule has 7 heteroatoms. The zero-order valence-electron chi connectivity index (χ0n) is 14.5. The van der Waals surface area contributed by atoms with Crippen molar-refractivity contribution < 1.29 is 17.9 Å². The number of nitrogens with one attached hydrogen (secondary N) is 1. The average molecular weight is 402 g/mol. The fraction of sp³-hybridized carbons (Fsp3) is 0.150. The normalized spacial score (nSPS) is 13.0. The van der Waals surface area contributed by atoms with Gasteiger partial charge in [-0.3, -0.25) is 4.72 Å². The molecule has 1 aliphatic carbocycles. The minimum Gasteiger partial charge on any atom is -0.465 e.